The minimum atomic E-state index is -3.98. The van der Waals surface area contributed by atoms with E-state index in [2.05, 4.69) is 5.32 Å². The predicted octanol–water partition coefficient (Wildman–Crippen LogP) is 2.30. The quantitative estimate of drug-likeness (QED) is 0.753. The molecule has 6 nitrogen and oxygen atoms in total. The highest BCUT2D eigenvalue weighted by atomic mass is 32.2. The lowest BCUT2D eigenvalue weighted by atomic mass is 10.1. The molecule has 4 rings (SSSR count). The van der Waals surface area contributed by atoms with Gasteiger partial charge >= 0.3 is 0 Å². The van der Waals surface area contributed by atoms with Crippen LogP contribution in [0.15, 0.2) is 71.6 Å². The first-order valence-electron chi connectivity index (χ1n) is 8.37. The van der Waals surface area contributed by atoms with Crippen molar-refractivity contribution in [3.05, 3.63) is 77.9 Å². The number of nitrogens with zero attached hydrogens (tertiary/aromatic N) is 1. The number of rotatable bonds is 4. The van der Waals surface area contributed by atoms with E-state index in [1.807, 2.05) is 42.5 Å². The van der Waals surface area contributed by atoms with Gasteiger partial charge in [-0.05, 0) is 34.5 Å². The topological polar surface area (TPSA) is 83.6 Å². The first kappa shape index (κ1) is 17.2. The van der Waals surface area contributed by atoms with Crippen molar-refractivity contribution in [1.82, 2.24) is 9.62 Å². The molecule has 1 aliphatic heterocycles. The molecule has 0 aromatic heterocycles. The molecule has 0 atom stereocenters. The number of carbonyl (C=O) groups is 2. The standard InChI is InChI=1S/C20H16N2O4S/c23-19(21-12-14-9-10-15-5-1-2-6-16(15)11-14)13-22-20(24)17-7-3-4-8-18(17)27(22,25)26/h1-11H,12-13H2,(H,21,23). The van der Waals surface area contributed by atoms with Gasteiger partial charge in [0.2, 0.25) is 5.91 Å². The van der Waals surface area contributed by atoms with Gasteiger partial charge in [-0.3, -0.25) is 9.59 Å². The van der Waals surface area contributed by atoms with Crippen LogP contribution in [0.1, 0.15) is 15.9 Å². The highest BCUT2D eigenvalue weighted by Crippen LogP contribution is 2.29. The van der Waals surface area contributed by atoms with Gasteiger partial charge in [-0.25, -0.2) is 12.7 Å². The molecule has 0 radical (unpaired) electrons. The van der Waals surface area contributed by atoms with Gasteiger partial charge < -0.3 is 5.32 Å². The molecule has 0 spiro atoms. The molecular formula is C20H16N2O4S. The summed E-state index contributed by atoms with van der Waals surface area (Å²) >= 11 is 0. The Morgan fingerprint density at radius 2 is 1.63 bits per heavy atom. The molecule has 3 aromatic carbocycles. The van der Waals surface area contributed by atoms with Gasteiger partial charge in [0.25, 0.3) is 15.9 Å². The SMILES string of the molecule is O=C(CN1C(=O)c2ccccc2S1(=O)=O)NCc1ccc2ccccc2c1. The zero-order chi connectivity index (χ0) is 19.0. The summed E-state index contributed by atoms with van der Waals surface area (Å²) in [6.07, 6.45) is 0. The van der Waals surface area contributed by atoms with E-state index in [0.717, 1.165) is 16.3 Å². The fourth-order valence-corrected chi connectivity index (χ4v) is 4.65. The van der Waals surface area contributed by atoms with E-state index in [9.17, 15) is 18.0 Å². The Morgan fingerprint density at radius 3 is 2.41 bits per heavy atom. The van der Waals surface area contributed by atoms with Crippen molar-refractivity contribution in [3.8, 4) is 0 Å². The van der Waals surface area contributed by atoms with Gasteiger partial charge in [0, 0.05) is 6.54 Å². The van der Waals surface area contributed by atoms with Crippen LogP contribution in [0.25, 0.3) is 10.8 Å². The van der Waals surface area contributed by atoms with E-state index in [1.165, 1.54) is 12.1 Å². The van der Waals surface area contributed by atoms with Crippen LogP contribution in [0.5, 0.6) is 0 Å². The predicted molar refractivity (Wildman–Crippen MR) is 100 cm³/mol. The molecule has 1 aliphatic rings. The molecule has 136 valence electrons. The van der Waals surface area contributed by atoms with E-state index >= 15 is 0 Å². The molecule has 1 N–H and O–H groups in total. The third-order valence-corrected chi connectivity index (χ3v) is 6.29. The van der Waals surface area contributed by atoms with Gasteiger partial charge in [0.15, 0.2) is 0 Å². The number of nitrogens with one attached hydrogen (secondary N) is 1. The molecule has 1 heterocycles. The smallest absolute Gasteiger partial charge is 0.269 e. The van der Waals surface area contributed by atoms with E-state index in [-0.39, 0.29) is 17.0 Å². The van der Waals surface area contributed by atoms with Gasteiger partial charge in [-0.15, -0.1) is 0 Å². The fourth-order valence-electron chi connectivity index (χ4n) is 3.12. The zero-order valence-electron chi connectivity index (χ0n) is 14.3. The summed E-state index contributed by atoms with van der Waals surface area (Å²) in [4.78, 5) is 24.5. The minimum absolute atomic E-state index is 0.0580. The molecule has 3 aromatic rings. The van der Waals surface area contributed by atoms with Crippen molar-refractivity contribution < 1.29 is 18.0 Å². The lowest BCUT2D eigenvalue weighted by molar-refractivity contribution is -0.121. The largest absolute Gasteiger partial charge is 0.350 e. The molecule has 0 aliphatic carbocycles. The number of benzene rings is 3. The van der Waals surface area contributed by atoms with Crippen molar-refractivity contribution in [1.29, 1.82) is 0 Å². The average Bonchev–Trinajstić information content (AvgIpc) is 2.87. The molecule has 0 bridgehead atoms. The van der Waals surface area contributed by atoms with Crippen LogP contribution in [-0.4, -0.2) is 31.1 Å². The third kappa shape index (κ3) is 3.06. The van der Waals surface area contributed by atoms with Crippen molar-refractivity contribution >= 4 is 32.6 Å². The Kier molecular flexibility index (Phi) is 4.16. The molecule has 0 fully saturated rings. The van der Waals surface area contributed by atoms with Crippen molar-refractivity contribution in [2.24, 2.45) is 0 Å². The van der Waals surface area contributed by atoms with Gasteiger partial charge in [0.1, 0.15) is 11.4 Å². The van der Waals surface area contributed by atoms with Gasteiger partial charge in [-0.1, -0.05) is 48.5 Å². The molecule has 0 unspecified atom stereocenters. The maximum atomic E-state index is 12.5. The Hall–Kier alpha value is -3.19. The first-order valence-corrected chi connectivity index (χ1v) is 9.81. The normalized spacial score (nSPS) is 15.0. The summed E-state index contributed by atoms with van der Waals surface area (Å²) in [6.45, 7) is -0.290. The lowest BCUT2D eigenvalue weighted by Gasteiger charge is -2.15. The zero-order valence-corrected chi connectivity index (χ0v) is 15.1. The number of carbonyl (C=O) groups excluding carboxylic acids is 2. The maximum absolute atomic E-state index is 12.5. The monoisotopic (exact) mass is 380 g/mol. The highest BCUT2D eigenvalue weighted by molar-refractivity contribution is 7.90. The second kappa shape index (κ2) is 6.51. The highest BCUT2D eigenvalue weighted by Gasteiger charge is 2.41. The number of fused-ring (bicyclic) bond motifs is 2. The molecule has 2 amide bonds. The van der Waals surface area contributed by atoms with Crippen LogP contribution in [0.4, 0.5) is 0 Å². The van der Waals surface area contributed by atoms with Crippen LogP contribution >= 0.6 is 0 Å². The Labute approximate surface area is 156 Å². The summed E-state index contributed by atoms with van der Waals surface area (Å²) in [7, 11) is -3.98. The van der Waals surface area contributed by atoms with E-state index in [0.29, 0.717) is 4.31 Å². The fraction of sp³-hybridized carbons (Fsp3) is 0.100. The van der Waals surface area contributed by atoms with E-state index in [4.69, 9.17) is 0 Å². The molecule has 27 heavy (non-hydrogen) atoms. The number of hydrogen-bond acceptors (Lipinski definition) is 4. The van der Waals surface area contributed by atoms with Gasteiger partial charge in [0.05, 0.1) is 5.56 Å². The molecule has 7 heteroatoms. The average molecular weight is 380 g/mol. The van der Waals surface area contributed by atoms with Crippen LogP contribution in [-0.2, 0) is 21.4 Å². The Morgan fingerprint density at radius 1 is 0.926 bits per heavy atom. The summed E-state index contributed by atoms with van der Waals surface area (Å²) in [5.74, 6) is -1.21. The number of amides is 2. The second-order valence-electron chi connectivity index (χ2n) is 6.27. The van der Waals surface area contributed by atoms with Crippen molar-refractivity contribution in [2.75, 3.05) is 6.54 Å². The lowest BCUT2D eigenvalue weighted by Crippen LogP contribution is -2.40. The van der Waals surface area contributed by atoms with Crippen LogP contribution in [0.3, 0.4) is 0 Å². The summed E-state index contributed by atoms with van der Waals surface area (Å²) in [5, 5.41) is 4.83. The third-order valence-electron chi connectivity index (χ3n) is 4.50. The summed E-state index contributed by atoms with van der Waals surface area (Å²) in [6, 6.07) is 19.6. The molecular weight excluding hydrogens is 364 g/mol. The second-order valence-corrected chi connectivity index (χ2v) is 8.10. The minimum Gasteiger partial charge on any atom is -0.350 e. The van der Waals surface area contributed by atoms with E-state index in [1.54, 1.807) is 12.1 Å². The van der Waals surface area contributed by atoms with Crippen LogP contribution in [0.2, 0.25) is 0 Å². The number of hydrogen-bond donors (Lipinski definition) is 1. The van der Waals surface area contributed by atoms with Gasteiger partial charge in [-0.2, -0.15) is 0 Å². The summed E-state index contributed by atoms with van der Waals surface area (Å²) < 4.78 is 25.6. The summed E-state index contributed by atoms with van der Waals surface area (Å²) in [5.41, 5.74) is 0.987. The van der Waals surface area contributed by atoms with Crippen molar-refractivity contribution in [2.45, 2.75) is 11.4 Å². The molecule has 0 saturated heterocycles. The van der Waals surface area contributed by atoms with Crippen LogP contribution < -0.4 is 5.32 Å². The van der Waals surface area contributed by atoms with E-state index < -0.39 is 28.4 Å². The van der Waals surface area contributed by atoms with Crippen molar-refractivity contribution in [3.63, 3.8) is 0 Å². The number of sulfonamides is 1. The molecule has 0 saturated carbocycles. The Bertz CT molecular complexity index is 1170. The maximum Gasteiger partial charge on any atom is 0.269 e. The first-order chi connectivity index (χ1) is 13.0. The Balaban J connectivity index is 1.46. The van der Waals surface area contributed by atoms with Crippen LogP contribution in [0, 0.1) is 0 Å².